The van der Waals surface area contributed by atoms with Gasteiger partial charge in [0.2, 0.25) is 0 Å². The van der Waals surface area contributed by atoms with Crippen LogP contribution in [0.3, 0.4) is 0 Å². The predicted octanol–water partition coefficient (Wildman–Crippen LogP) is 3.60. The van der Waals surface area contributed by atoms with Gasteiger partial charge < -0.3 is 5.11 Å². The molecule has 1 heterocycles. The molecule has 4 nitrogen and oxygen atoms in total. The van der Waals surface area contributed by atoms with Crippen molar-refractivity contribution >= 4 is 22.5 Å². The standard InChI is InChI=1S/C20H23NO3/c1-14(20(23)24)18(21-12-5-2-6-13-21)19(22)17-11-7-9-15-8-3-4-10-16(15)17/h3-4,7-11,14,18H,2,5-6,12-13H2,1H3,(H,23,24). The second kappa shape index (κ2) is 7.14. The van der Waals surface area contributed by atoms with Crippen LogP contribution in [0.2, 0.25) is 0 Å². The van der Waals surface area contributed by atoms with Crippen LogP contribution >= 0.6 is 0 Å². The van der Waals surface area contributed by atoms with Gasteiger partial charge in [-0.2, -0.15) is 0 Å². The molecule has 0 radical (unpaired) electrons. The minimum atomic E-state index is -0.917. The number of benzene rings is 2. The first kappa shape index (κ1) is 16.7. The second-order valence-corrected chi connectivity index (χ2v) is 6.56. The fraction of sp³-hybridized carbons (Fsp3) is 0.400. The van der Waals surface area contributed by atoms with Crippen molar-refractivity contribution in [3.63, 3.8) is 0 Å². The number of fused-ring (bicyclic) bond motifs is 1. The van der Waals surface area contributed by atoms with Crippen molar-refractivity contribution < 1.29 is 14.7 Å². The molecule has 1 saturated heterocycles. The Kier molecular flexibility index (Phi) is 4.95. The third kappa shape index (κ3) is 3.20. The van der Waals surface area contributed by atoms with Crippen molar-refractivity contribution in [1.29, 1.82) is 0 Å². The number of carboxylic acids is 1. The summed E-state index contributed by atoms with van der Waals surface area (Å²) in [5.41, 5.74) is 0.622. The molecule has 0 aromatic heterocycles. The van der Waals surface area contributed by atoms with Crippen LogP contribution in [-0.2, 0) is 4.79 Å². The Morgan fingerprint density at radius 1 is 1.00 bits per heavy atom. The normalized spacial score (nSPS) is 18.2. The van der Waals surface area contributed by atoms with Gasteiger partial charge in [-0.1, -0.05) is 48.9 Å². The van der Waals surface area contributed by atoms with Crippen molar-refractivity contribution in [3.05, 3.63) is 48.0 Å². The zero-order valence-electron chi connectivity index (χ0n) is 13.9. The molecule has 1 aliphatic heterocycles. The van der Waals surface area contributed by atoms with Crippen LogP contribution in [0.1, 0.15) is 36.5 Å². The summed E-state index contributed by atoms with van der Waals surface area (Å²) in [4.78, 5) is 27.0. The van der Waals surface area contributed by atoms with E-state index in [-0.39, 0.29) is 5.78 Å². The quantitative estimate of drug-likeness (QED) is 0.853. The van der Waals surface area contributed by atoms with Crippen molar-refractivity contribution in [1.82, 2.24) is 4.90 Å². The van der Waals surface area contributed by atoms with Gasteiger partial charge in [0.25, 0.3) is 0 Å². The lowest BCUT2D eigenvalue weighted by atomic mass is 9.88. The molecular formula is C20H23NO3. The number of hydrogen-bond acceptors (Lipinski definition) is 3. The Balaban J connectivity index is 2.02. The molecule has 2 aromatic rings. The number of hydrogen-bond donors (Lipinski definition) is 1. The van der Waals surface area contributed by atoms with E-state index >= 15 is 0 Å². The molecular weight excluding hydrogens is 302 g/mol. The number of piperidine rings is 1. The van der Waals surface area contributed by atoms with Gasteiger partial charge in [-0.25, -0.2) is 0 Å². The number of rotatable bonds is 5. The maximum absolute atomic E-state index is 13.3. The summed E-state index contributed by atoms with van der Waals surface area (Å²) in [6, 6.07) is 12.8. The number of carbonyl (C=O) groups excluding carboxylic acids is 1. The zero-order valence-corrected chi connectivity index (χ0v) is 13.9. The van der Waals surface area contributed by atoms with Gasteiger partial charge in [0.1, 0.15) is 0 Å². The van der Waals surface area contributed by atoms with Crippen molar-refractivity contribution in [3.8, 4) is 0 Å². The third-order valence-electron chi connectivity index (χ3n) is 4.97. The van der Waals surface area contributed by atoms with Gasteiger partial charge in [0.15, 0.2) is 5.78 Å². The lowest BCUT2D eigenvalue weighted by Crippen LogP contribution is -2.49. The number of likely N-dealkylation sites (tertiary alicyclic amines) is 1. The molecule has 0 bridgehead atoms. The summed E-state index contributed by atoms with van der Waals surface area (Å²) < 4.78 is 0. The summed E-state index contributed by atoms with van der Waals surface area (Å²) in [5.74, 6) is -1.72. The van der Waals surface area contributed by atoms with Crippen molar-refractivity contribution in [2.24, 2.45) is 5.92 Å². The predicted molar refractivity (Wildman–Crippen MR) is 94.3 cm³/mol. The fourth-order valence-electron chi connectivity index (χ4n) is 3.64. The number of Topliss-reactive ketones (excluding diaryl/α,β-unsaturated/α-hetero) is 1. The van der Waals surface area contributed by atoms with Crippen molar-refractivity contribution in [2.45, 2.75) is 32.2 Å². The van der Waals surface area contributed by atoms with Crippen LogP contribution in [0.5, 0.6) is 0 Å². The summed E-state index contributed by atoms with van der Waals surface area (Å²) in [6.07, 6.45) is 3.18. The highest BCUT2D eigenvalue weighted by Crippen LogP contribution is 2.26. The van der Waals surface area contributed by atoms with E-state index in [0.717, 1.165) is 43.1 Å². The Labute approximate surface area is 142 Å². The number of nitrogens with zero attached hydrogens (tertiary/aromatic N) is 1. The first-order valence-electron chi connectivity index (χ1n) is 8.58. The monoisotopic (exact) mass is 325 g/mol. The topological polar surface area (TPSA) is 57.6 Å². The Morgan fingerprint density at radius 3 is 2.38 bits per heavy atom. The fourth-order valence-corrected chi connectivity index (χ4v) is 3.64. The average Bonchev–Trinajstić information content (AvgIpc) is 2.62. The molecule has 3 rings (SSSR count). The summed E-state index contributed by atoms with van der Waals surface area (Å²) >= 11 is 0. The number of carbonyl (C=O) groups is 2. The van der Waals surface area contributed by atoms with E-state index in [9.17, 15) is 14.7 Å². The largest absolute Gasteiger partial charge is 0.481 e. The molecule has 0 aliphatic carbocycles. The van der Waals surface area contributed by atoms with Gasteiger partial charge in [-0.3, -0.25) is 14.5 Å². The van der Waals surface area contributed by atoms with Crippen LogP contribution in [-0.4, -0.2) is 40.9 Å². The molecule has 1 aliphatic rings. The SMILES string of the molecule is CC(C(=O)O)C(C(=O)c1cccc2ccccc12)N1CCCCC1. The maximum Gasteiger partial charge on any atom is 0.308 e. The van der Waals surface area contributed by atoms with Crippen LogP contribution in [0.4, 0.5) is 0 Å². The minimum absolute atomic E-state index is 0.0800. The lowest BCUT2D eigenvalue weighted by molar-refractivity contribution is -0.143. The number of ketones is 1. The maximum atomic E-state index is 13.3. The molecule has 2 aromatic carbocycles. The Bertz CT molecular complexity index is 744. The molecule has 0 spiro atoms. The van der Waals surface area contributed by atoms with E-state index < -0.39 is 17.9 Å². The van der Waals surface area contributed by atoms with Gasteiger partial charge >= 0.3 is 5.97 Å². The van der Waals surface area contributed by atoms with Crippen molar-refractivity contribution in [2.75, 3.05) is 13.1 Å². The molecule has 1 fully saturated rings. The average molecular weight is 325 g/mol. The van der Waals surface area contributed by atoms with E-state index in [1.807, 2.05) is 42.5 Å². The first-order valence-corrected chi connectivity index (χ1v) is 8.58. The van der Waals surface area contributed by atoms with Gasteiger partial charge in [0, 0.05) is 5.56 Å². The lowest BCUT2D eigenvalue weighted by Gasteiger charge is -2.35. The summed E-state index contributed by atoms with van der Waals surface area (Å²) in [7, 11) is 0. The van der Waals surface area contributed by atoms with Gasteiger partial charge in [0.05, 0.1) is 12.0 Å². The smallest absolute Gasteiger partial charge is 0.308 e. The number of carboxylic acid groups (broad SMARTS) is 1. The van der Waals surface area contributed by atoms with E-state index in [2.05, 4.69) is 4.90 Å². The van der Waals surface area contributed by atoms with Crippen LogP contribution < -0.4 is 0 Å². The summed E-state index contributed by atoms with van der Waals surface area (Å²) in [5, 5.41) is 11.4. The van der Waals surface area contributed by atoms with Crippen LogP contribution in [0.25, 0.3) is 10.8 Å². The molecule has 0 amide bonds. The summed E-state index contributed by atoms with van der Waals surface area (Å²) in [6.45, 7) is 3.22. The van der Waals surface area contributed by atoms with E-state index in [4.69, 9.17) is 0 Å². The molecule has 2 atom stereocenters. The van der Waals surface area contributed by atoms with E-state index in [1.165, 1.54) is 0 Å². The molecule has 2 unspecified atom stereocenters. The minimum Gasteiger partial charge on any atom is -0.481 e. The Morgan fingerprint density at radius 2 is 1.67 bits per heavy atom. The highest BCUT2D eigenvalue weighted by Gasteiger charge is 2.36. The van der Waals surface area contributed by atoms with Gasteiger partial charge in [-0.15, -0.1) is 0 Å². The van der Waals surface area contributed by atoms with Gasteiger partial charge in [-0.05, 0) is 43.6 Å². The van der Waals surface area contributed by atoms with Crippen LogP contribution in [0.15, 0.2) is 42.5 Å². The molecule has 24 heavy (non-hydrogen) atoms. The zero-order chi connectivity index (χ0) is 17.1. The molecule has 1 N–H and O–H groups in total. The van der Waals surface area contributed by atoms with E-state index in [0.29, 0.717) is 5.56 Å². The third-order valence-corrected chi connectivity index (χ3v) is 4.97. The highest BCUT2D eigenvalue weighted by molar-refractivity contribution is 6.11. The van der Waals surface area contributed by atoms with E-state index in [1.54, 1.807) is 6.92 Å². The Hall–Kier alpha value is -2.20. The second-order valence-electron chi connectivity index (χ2n) is 6.56. The van der Waals surface area contributed by atoms with Crippen LogP contribution in [0, 0.1) is 5.92 Å². The first-order chi connectivity index (χ1) is 11.6. The highest BCUT2D eigenvalue weighted by atomic mass is 16.4. The molecule has 4 heteroatoms. The molecule has 0 saturated carbocycles. The number of aliphatic carboxylic acids is 1. The molecule has 126 valence electrons.